The third-order valence-corrected chi connectivity index (χ3v) is 7.27. The summed E-state index contributed by atoms with van der Waals surface area (Å²) in [5.41, 5.74) is 0.236. The molecule has 0 saturated carbocycles. The number of aromatic hydroxyl groups is 1. The van der Waals surface area contributed by atoms with Gasteiger partial charge in [-0.15, -0.1) is 13.8 Å². The highest BCUT2D eigenvalue weighted by atomic mass is 32.2. The highest BCUT2D eigenvalue weighted by molar-refractivity contribution is 7.96. The fourth-order valence-electron chi connectivity index (χ4n) is 2.97. The lowest BCUT2D eigenvalue weighted by molar-refractivity contribution is -0.432. The van der Waals surface area contributed by atoms with Crippen LogP contribution in [0.1, 0.15) is 0 Å². The van der Waals surface area contributed by atoms with Crippen molar-refractivity contribution in [3.63, 3.8) is 0 Å². The molecule has 0 fully saturated rings. The summed E-state index contributed by atoms with van der Waals surface area (Å²) in [5, 5.41) is 45.1. The molecule has 0 aliphatic heterocycles. The van der Waals surface area contributed by atoms with Gasteiger partial charge in [0.1, 0.15) is 16.3 Å². The second kappa shape index (κ2) is 15.2. The minimum absolute atomic E-state index is 0. The van der Waals surface area contributed by atoms with Crippen molar-refractivity contribution in [2.24, 2.45) is 10.2 Å². The molecule has 7 N–H and O–H groups in total. The number of benzene rings is 3. The number of phenols is 1. The highest BCUT2D eigenvalue weighted by Crippen LogP contribution is 2.46. The van der Waals surface area contributed by atoms with Crippen molar-refractivity contribution in [1.29, 1.82) is 0 Å². The van der Waals surface area contributed by atoms with Crippen LogP contribution in [0.25, 0.3) is 10.8 Å². The fourth-order valence-corrected chi connectivity index (χ4v) is 5.17. The van der Waals surface area contributed by atoms with Crippen molar-refractivity contribution in [1.82, 2.24) is 0 Å². The Labute approximate surface area is 232 Å². The summed E-state index contributed by atoms with van der Waals surface area (Å²) >= 11 is 1.69. The molecule has 0 atom stereocenters. The molecule has 0 saturated heterocycles. The first-order chi connectivity index (χ1) is 18.2. The molecule has 3 aromatic carbocycles. The van der Waals surface area contributed by atoms with Gasteiger partial charge in [0.05, 0.1) is 40.4 Å². The van der Waals surface area contributed by atoms with Gasteiger partial charge in [-0.05, 0) is 42.5 Å². The van der Waals surface area contributed by atoms with Crippen molar-refractivity contribution in [3.05, 3.63) is 42.5 Å². The lowest BCUT2D eigenvalue weighted by atomic mass is 10.1. The summed E-state index contributed by atoms with van der Waals surface area (Å²) < 4.78 is 47.4. The molecule has 0 bridgehead atoms. The molecule has 0 heterocycles. The summed E-state index contributed by atoms with van der Waals surface area (Å²) in [4.78, 5) is 11.6. The average molecular weight is 626 g/mol. The second-order valence-corrected chi connectivity index (χ2v) is 10.3. The Hall–Kier alpha value is -2.73. The normalized spacial score (nSPS) is 11.5. The molecular weight excluding hydrogens is 606 g/mol. The van der Waals surface area contributed by atoms with Gasteiger partial charge < -0.3 is 20.1 Å². The van der Waals surface area contributed by atoms with Gasteiger partial charge in [0.15, 0.2) is 5.75 Å². The Morgan fingerprint density at radius 2 is 1.69 bits per heavy atom. The van der Waals surface area contributed by atoms with Gasteiger partial charge in [0.25, 0.3) is 10.1 Å². The first-order valence-electron chi connectivity index (χ1n) is 9.81. The van der Waals surface area contributed by atoms with E-state index in [1.54, 1.807) is 12.1 Å². The molecule has 0 aliphatic rings. The zero-order valence-electron chi connectivity index (χ0n) is 19.3. The molecule has 16 nitrogen and oxygen atoms in total. The van der Waals surface area contributed by atoms with Gasteiger partial charge in [0.2, 0.25) is 0 Å². The summed E-state index contributed by atoms with van der Waals surface area (Å²) in [6.07, 6.45) is 0. The monoisotopic (exact) mass is 625 g/mol. The zero-order valence-corrected chi connectivity index (χ0v) is 22.6. The van der Waals surface area contributed by atoms with E-state index in [1.807, 2.05) is 0 Å². The molecule has 212 valence electrons. The molecule has 0 aliphatic carbocycles. The van der Waals surface area contributed by atoms with Crippen LogP contribution in [0.15, 0.2) is 67.4 Å². The average Bonchev–Trinajstić information content (AvgIpc) is 2.89. The minimum Gasteiger partial charge on any atom is -0.505 e. The van der Waals surface area contributed by atoms with Crippen LogP contribution < -0.4 is 5.32 Å². The highest BCUT2D eigenvalue weighted by Gasteiger charge is 2.24. The molecule has 39 heavy (non-hydrogen) atoms. The third kappa shape index (κ3) is 8.63. The summed E-state index contributed by atoms with van der Waals surface area (Å²) in [6.45, 7) is 0. The topological polar surface area (TPSA) is 247 Å². The predicted octanol–water partition coefficient (Wildman–Crippen LogP) is 4.47. The number of nitrogens with one attached hydrogen (secondary N) is 1. The number of carbonyl (C=O) groups is 1. The number of hydrogen-bond acceptors (Lipinski definition) is 17. The molecule has 0 unspecified atom stereocenters. The Morgan fingerprint density at radius 1 is 1.00 bits per heavy atom. The molecule has 3 rings (SSSR count). The zero-order chi connectivity index (χ0) is 27.7. The van der Waals surface area contributed by atoms with E-state index in [0.717, 1.165) is 12.0 Å². The van der Waals surface area contributed by atoms with Crippen LogP contribution in [0.2, 0.25) is 0 Å². The fraction of sp³-hybridized carbons (Fsp3) is 0.105. The molecule has 0 radical (unpaired) electrons. The van der Waals surface area contributed by atoms with E-state index in [-0.39, 0.29) is 38.3 Å². The quantitative estimate of drug-likeness (QED) is 0.0439. The van der Waals surface area contributed by atoms with Crippen molar-refractivity contribution in [2.45, 2.75) is 14.7 Å². The van der Waals surface area contributed by atoms with Crippen molar-refractivity contribution in [3.8, 4) is 5.75 Å². The predicted molar refractivity (Wildman–Crippen MR) is 139 cm³/mol. The van der Waals surface area contributed by atoms with Gasteiger partial charge in [-0.25, -0.2) is 10.5 Å². The second-order valence-electron chi connectivity index (χ2n) is 6.70. The lowest BCUT2D eigenvalue weighted by Gasteiger charge is -2.14. The summed E-state index contributed by atoms with van der Waals surface area (Å²) in [5.74, 6) is -1.37. The van der Waals surface area contributed by atoms with Crippen molar-refractivity contribution < 1.29 is 61.8 Å². The van der Waals surface area contributed by atoms with Crippen LogP contribution in [0.5, 0.6) is 5.75 Å². The number of anilines is 1. The summed E-state index contributed by atoms with van der Waals surface area (Å²) in [6, 6.07) is 10.2. The number of fused-ring (bicyclic) bond motifs is 1. The van der Waals surface area contributed by atoms with Crippen LogP contribution in [-0.4, -0.2) is 52.8 Å². The van der Waals surface area contributed by atoms with Gasteiger partial charge in [0, 0.05) is 34.8 Å². The molecule has 0 spiro atoms. The lowest BCUT2D eigenvalue weighted by Crippen LogP contribution is -2.04. The van der Waals surface area contributed by atoms with Crippen molar-refractivity contribution in [2.75, 3.05) is 18.1 Å². The third-order valence-electron chi connectivity index (χ3n) is 4.45. The number of rotatable bonds is 13. The maximum Gasteiger partial charge on any atom is 0.330 e. The summed E-state index contributed by atoms with van der Waals surface area (Å²) in [7, 11) is -3.28. The SMILES string of the molecule is CNc1ccc2c(O)c(N=Nc3ccc(SOC(=O)CSOOO)cc3)c(SOOO)cc2c1S(=O)(=O)O.O. The molecule has 0 aromatic heterocycles. The van der Waals surface area contributed by atoms with Gasteiger partial charge in [-0.2, -0.15) is 13.5 Å². The number of phenolic OH excluding ortho intramolecular Hbond substituents is 1. The first kappa shape index (κ1) is 32.5. The van der Waals surface area contributed by atoms with Crippen LogP contribution in [0.3, 0.4) is 0 Å². The Kier molecular flexibility index (Phi) is 12.6. The van der Waals surface area contributed by atoms with Crippen LogP contribution >= 0.6 is 36.1 Å². The van der Waals surface area contributed by atoms with Crippen LogP contribution in [0.4, 0.5) is 17.1 Å². The minimum atomic E-state index is -4.73. The number of hydrogen-bond donors (Lipinski definition) is 5. The smallest absolute Gasteiger partial charge is 0.330 e. The standard InChI is InChI=1S/C19H17N3O12S4.H2O/c1-20-14-7-6-12-13(19(14)38(27,28)29)8-15(37-34-32-26)17(18(12)24)22-21-10-2-4-11(5-3-10)36-30-16(23)9-35-33-31-25;/h2-8,20,24-26H,9H2,1H3,(H,27,28,29);1H2. The van der Waals surface area contributed by atoms with E-state index in [0.29, 0.717) is 34.7 Å². The Morgan fingerprint density at radius 3 is 2.31 bits per heavy atom. The molecule has 20 heteroatoms. The Balaban J connectivity index is 0.00000533. The molecular formula is C19H19N3O13S4. The van der Waals surface area contributed by atoms with Crippen molar-refractivity contribution >= 4 is 80.1 Å². The van der Waals surface area contributed by atoms with Crippen LogP contribution in [0, 0.1) is 0 Å². The van der Waals surface area contributed by atoms with Gasteiger partial charge in [-0.1, -0.05) is 10.1 Å². The first-order valence-corrected chi connectivity index (χ1v) is 13.6. The van der Waals surface area contributed by atoms with Gasteiger partial charge >= 0.3 is 5.97 Å². The van der Waals surface area contributed by atoms with E-state index in [2.05, 4.69) is 34.3 Å². The van der Waals surface area contributed by atoms with E-state index in [4.69, 9.17) is 14.7 Å². The number of nitrogens with zero attached hydrogens (tertiary/aromatic N) is 2. The molecule has 3 aromatic rings. The van der Waals surface area contributed by atoms with Gasteiger partial charge in [-0.3, -0.25) is 9.35 Å². The van der Waals surface area contributed by atoms with E-state index < -0.39 is 26.7 Å². The van der Waals surface area contributed by atoms with E-state index in [1.165, 1.54) is 37.4 Å². The molecule has 0 amide bonds. The maximum atomic E-state index is 12.1. The van der Waals surface area contributed by atoms with E-state index in [9.17, 15) is 22.9 Å². The van der Waals surface area contributed by atoms with E-state index >= 15 is 0 Å². The Bertz CT molecular complexity index is 1420. The maximum absolute atomic E-state index is 12.1. The van der Waals surface area contributed by atoms with Crippen LogP contribution in [-0.2, 0) is 37.8 Å². The largest absolute Gasteiger partial charge is 0.505 e. The number of azo groups is 1. The number of carbonyl (C=O) groups excluding carboxylic acids is 1.